The molecule has 0 fully saturated rings. The lowest BCUT2D eigenvalue weighted by Crippen LogP contribution is -3.00. The molecule has 7 rings (SSSR count). The SMILES string of the molecule is C[n+]1c(-c2ccc(/C=N/Nc3n[nH]c(=S)n3/N=C/c3ccc(-c4cn5ccccc5[n+]4C)cc3)cc2)cn2ccccc21.[Br-].[Br-]. The molecule has 10 nitrogen and oxygen atoms in total. The Kier molecular flexibility index (Phi) is 9.51. The molecule has 2 N–H and O–H groups in total. The van der Waals surface area contributed by atoms with Gasteiger partial charge >= 0.3 is 0 Å². The van der Waals surface area contributed by atoms with Crippen molar-refractivity contribution in [3.63, 3.8) is 0 Å². The van der Waals surface area contributed by atoms with Crippen molar-refractivity contribution < 1.29 is 43.1 Å². The lowest BCUT2D eigenvalue weighted by molar-refractivity contribution is -0.633. The number of H-pyrrole nitrogens is 1. The Hall–Kier alpha value is -4.72. The number of nitrogens with one attached hydrogen (secondary N) is 2. The second-order valence-corrected chi connectivity index (χ2v) is 10.5. The van der Waals surface area contributed by atoms with Gasteiger partial charge in [-0.25, -0.2) is 28.5 Å². The summed E-state index contributed by atoms with van der Waals surface area (Å²) in [6, 6.07) is 28.8. The third-order valence-corrected chi connectivity index (χ3v) is 7.70. The monoisotopic (exact) mass is 742 g/mol. The molecule has 0 aliphatic heterocycles. The van der Waals surface area contributed by atoms with Gasteiger partial charge in [-0.3, -0.25) is 0 Å². The molecule has 0 atom stereocenters. The van der Waals surface area contributed by atoms with E-state index in [9.17, 15) is 0 Å². The summed E-state index contributed by atoms with van der Waals surface area (Å²) in [4.78, 5) is 0. The Morgan fingerprint density at radius 1 is 0.733 bits per heavy atom. The fraction of sp³-hybridized carbons (Fsp3) is 0.0625. The number of nitrogens with zero attached hydrogens (tertiary/aromatic N) is 8. The number of imidazole rings is 2. The zero-order valence-corrected chi connectivity index (χ0v) is 28.3. The first kappa shape index (κ1) is 31.7. The Balaban J connectivity index is 0.00000200. The number of rotatable bonds is 7. The van der Waals surface area contributed by atoms with Gasteiger partial charge < -0.3 is 34.0 Å². The van der Waals surface area contributed by atoms with Gasteiger partial charge in [0.25, 0.3) is 17.2 Å². The Morgan fingerprint density at radius 2 is 1.24 bits per heavy atom. The Morgan fingerprint density at radius 3 is 1.76 bits per heavy atom. The van der Waals surface area contributed by atoms with Gasteiger partial charge in [0, 0.05) is 23.3 Å². The molecule has 5 aromatic heterocycles. The molecule has 0 aliphatic carbocycles. The molecule has 226 valence electrons. The quantitative estimate of drug-likeness (QED) is 0.0929. The van der Waals surface area contributed by atoms with E-state index in [1.165, 1.54) is 4.68 Å². The van der Waals surface area contributed by atoms with Crippen molar-refractivity contribution in [2.45, 2.75) is 0 Å². The van der Waals surface area contributed by atoms with E-state index in [4.69, 9.17) is 12.2 Å². The van der Waals surface area contributed by atoms with Crippen molar-refractivity contribution >= 4 is 41.9 Å². The second kappa shape index (κ2) is 13.5. The highest BCUT2D eigenvalue weighted by Crippen LogP contribution is 2.19. The van der Waals surface area contributed by atoms with Crippen molar-refractivity contribution in [3.05, 3.63) is 126 Å². The van der Waals surface area contributed by atoms with Crippen LogP contribution < -0.4 is 48.5 Å². The van der Waals surface area contributed by atoms with Crippen LogP contribution in [-0.2, 0) is 14.1 Å². The molecule has 2 aromatic carbocycles. The van der Waals surface area contributed by atoms with E-state index in [0.717, 1.165) is 44.9 Å². The van der Waals surface area contributed by atoms with Gasteiger partial charge in [-0.05, 0) is 59.7 Å². The minimum atomic E-state index is 0. The van der Waals surface area contributed by atoms with Crippen molar-refractivity contribution in [1.82, 2.24) is 23.7 Å². The van der Waals surface area contributed by atoms with Crippen molar-refractivity contribution in [2.75, 3.05) is 5.43 Å². The molecule has 0 unspecified atom stereocenters. The van der Waals surface area contributed by atoms with Crippen LogP contribution in [0, 0.1) is 4.77 Å². The number of hydrazone groups is 1. The van der Waals surface area contributed by atoms with E-state index >= 15 is 0 Å². The molecular weight excluding hydrogens is 716 g/mol. The van der Waals surface area contributed by atoms with Gasteiger partial charge in [0.15, 0.2) is 11.4 Å². The van der Waals surface area contributed by atoms with Gasteiger partial charge in [0.1, 0.15) is 12.4 Å². The molecule has 13 heteroatoms. The lowest BCUT2D eigenvalue weighted by atomic mass is 10.1. The van der Waals surface area contributed by atoms with Crippen molar-refractivity contribution in [1.29, 1.82) is 0 Å². The highest BCUT2D eigenvalue weighted by molar-refractivity contribution is 7.71. The first-order chi connectivity index (χ1) is 21.0. The fourth-order valence-corrected chi connectivity index (χ4v) is 5.32. The smallest absolute Gasteiger partial charge is 0.286 e. The summed E-state index contributed by atoms with van der Waals surface area (Å²) >= 11 is 5.39. The predicted octanol–water partition coefficient (Wildman–Crippen LogP) is -1.23. The maximum Gasteiger partial charge on any atom is 0.286 e. The summed E-state index contributed by atoms with van der Waals surface area (Å²) in [6.45, 7) is 0. The third-order valence-electron chi connectivity index (χ3n) is 7.43. The number of anilines is 1. The molecule has 0 radical (unpaired) electrons. The highest BCUT2D eigenvalue weighted by atomic mass is 79.9. The molecular formula is C32H28Br2N10S. The average molecular weight is 745 g/mol. The number of aryl methyl sites for hydroxylation is 2. The standard InChI is InChI=1S/C32H27N10S.2BrH/c1-38-27(21-40-17-5-3-7-29(38)40)25-13-9-23(10-14-25)19-33-35-31-36-37-32(43)42(31)34-20-24-11-15-26(16-12-24)28-22-41-18-6-4-8-30(41)39(28)2;;/h3-22H,1-2H3,(H-,35,36,37,43);2*1H/q+1;;/p-1/b33-19+,34-20+;;. The number of fused-ring (bicyclic) bond motifs is 2. The normalized spacial score (nSPS) is 11.3. The topological polar surface area (TPSA) is 86.9 Å². The minimum Gasteiger partial charge on any atom is -1.00 e. The van der Waals surface area contributed by atoms with Gasteiger partial charge in [0.2, 0.25) is 4.77 Å². The van der Waals surface area contributed by atoms with Crippen molar-refractivity contribution in [3.8, 4) is 22.5 Å². The zero-order chi connectivity index (χ0) is 29.3. The van der Waals surface area contributed by atoms with E-state index in [1.807, 2.05) is 60.9 Å². The first-order valence-corrected chi connectivity index (χ1v) is 14.1. The van der Waals surface area contributed by atoms with E-state index in [-0.39, 0.29) is 34.0 Å². The molecule has 0 aliphatic rings. The number of aromatic nitrogens is 7. The second-order valence-electron chi connectivity index (χ2n) is 10.1. The number of halogens is 2. The molecule has 0 saturated heterocycles. The molecule has 7 aromatic rings. The number of aromatic amines is 1. The van der Waals surface area contributed by atoms with E-state index < -0.39 is 0 Å². The number of benzene rings is 2. The van der Waals surface area contributed by atoms with Crippen LogP contribution in [0.15, 0.2) is 120 Å². The van der Waals surface area contributed by atoms with Gasteiger partial charge in [-0.15, -0.1) is 5.10 Å². The van der Waals surface area contributed by atoms with E-state index in [2.05, 4.69) is 107 Å². The molecule has 5 heterocycles. The number of hydrogen-bond acceptors (Lipinski definition) is 5. The van der Waals surface area contributed by atoms with Gasteiger partial charge in [-0.2, -0.15) is 14.9 Å². The summed E-state index contributed by atoms with van der Waals surface area (Å²) < 4.78 is 10.4. The summed E-state index contributed by atoms with van der Waals surface area (Å²) in [7, 11) is 4.14. The van der Waals surface area contributed by atoms with E-state index in [1.54, 1.807) is 12.4 Å². The molecule has 0 bridgehead atoms. The molecule has 0 saturated carbocycles. The summed E-state index contributed by atoms with van der Waals surface area (Å²) in [6.07, 6.45) is 11.8. The van der Waals surface area contributed by atoms with Crippen LogP contribution in [0.5, 0.6) is 0 Å². The van der Waals surface area contributed by atoms with Crippen LogP contribution >= 0.6 is 12.2 Å². The number of hydrogen-bond donors (Lipinski definition) is 2. The van der Waals surface area contributed by atoms with Crippen LogP contribution in [-0.4, -0.2) is 36.1 Å². The average Bonchev–Trinajstić information content (AvgIpc) is 3.69. The van der Waals surface area contributed by atoms with Crippen LogP contribution in [0.1, 0.15) is 11.1 Å². The first-order valence-electron chi connectivity index (χ1n) is 13.7. The lowest BCUT2D eigenvalue weighted by Gasteiger charge is -2.01. The molecule has 0 amide bonds. The maximum atomic E-state index is 5.39. The van der Waals surface area contributed by atoms with Crippen molar-refractivity contribution in [2.24, 2.45) is 24.3 Å². The third kappa shape index (κ3) is 6.27. The highest BCUT2D eigenvalue weighted by Gasteiger charge is 2.16. The van der Waals surface area contributed by atoms with Gasteiger partial charge in [-0.1, -0.05) is 36.4 Å². The van der Waals surface area contributed by atoms with Crippen LogP contribution in [0.3, 0.4) is 0 Å². The number of pyridine rings is 2. The molecule has 0 spiro atoms. The maximum absolute atomic E-state index is 5.39. The largest absolute Gasteiger partial charge is 1.00 e. The van der Waals surface area contributed by atoms with Crippen LogP contribution in [0.4, 0.5) is 5.95 Å². The zero-order valence-electron chi connectivity index (χ0n) is 24.3. The molecule has 45 heavy (non-hydrogen) atoms. The Bertz CT molecular complexity index is 2210. The summed E-state index contributed by atoms with van der Waals surface area (Å²) in [5, 5.41) is 15.9. The summed E-state index contributed by atoms with van der Waals surface area (Å²) in [5.41, 5.74) is 11.5. The Labute approximate surface area is 285 Å². The van der Waals surface area contributed by atoms with Gasteiger partial charge in [0.05, 0.1) is 38.9 Å². The predicted molar refractivity (Wildman–Crippen MR) is 170 cm³/mol. The summed E-state index contributed by atoms with van der Waals surface area (Å²) in [5.74, 6) is 0.380. The van der Waals surface area contributed by atoms with Crippen LogP contribution in [0.2, 0.25) is 0 Å². The fourth-order valence-electron chi connectivity index (χ4n) is 5.14. The van der Waals surface area contributed by atoms with Crippen LogP contribution in [0.25, 0.3) is 33.8 Å². The van der Waals surface area contributed by atoms with E-state index in [0.29, 0.717) is 10.7 Å². The minimum absolute atomic E-state index is 0.